The van der Waals surface area contributed by atoms with Gasteiger partial charge in [0.25, 0.3) is 0 Å². The Morgan fingerprint density at radius 3 is 2.55 bits per heavy atom. The lowest BCUT2D eigenvalue weighted by Gasteiger charge is -2.17. The average Bonchev–Trinajstić information content (AvgIpc) is 2.72. The molecule has 1 aromatic heterocycles. The SMILES string of the molecule is CCc1c(C)nn(-c2cccc(OC)c2[C@@H](C)O)c1C. The number of hydrogen-bond acceptors (Lipinski definition) is 3. The zero-order valence-corrected chi connectivity index (χ0v) is 12.8. The third-order valence-corrected chi connectivity index (χ3v) is 3.70. The molecule has 0 fully saturated rings. The van der Waals surface area contributed by atoms with E-state index in [1.807, 2.05) is 29.8 Å². The molecule has 4 heteroatoms. The second-order valence-electron chi connectivity index (χ2n) is 4.98. The van der Waals surface area contributed by atoms with Gasteiger partial charge in [0.2, 0.25) is 0 Å². The molecule has 2 rings (SSSR count). The Labute approximate surface area is 120 Å². The maximum atomic E-state index is 10.1. The van der Waals surface area contributed by atoms with Gasteiger partial charge in [-0.2, -0.15) is 5.10 Å². The third-order valence-electron chi connectivity index (χ3n) is 3.70. The number of nitrogens with zero attached hydrogens (tertiary/aromatic N) is 2. The molecule has 0 aliphatic rings. The molecule has 0 unspecified atom stereocenters. The van der Waals surface area contributed by atoms with Crippen LogP contribution < -0.4 is 4.74 Å². The monoisotopic (exact) mass is 274 g/mol. The van der Waals surface area contributed by atoms with Gasteiger partial charge in [-0.05, 0) is 44.9 Å². The molecule has 1 heterocycles. The van der Waals surface area contributed by atoms with Crippen molar-refractivity contribution < 1.29 is 9.84 Å². The number of benzene rings is 1. The van der Waals surface area contributed by atoms with E-state index in [-0.39, 0.29) is 0 Å². The largest absolute Gasteiger partial charge is 0.496 e. The average molecular weight is 274 g/mol. The number of aromatic nitrogens is 2. The van der Waals surface area contributed by atoms with Crippen LogP contribution in [0.1, 0.15) is 42.5 Å². The molecule has 0 spiro atoms. The van der Waals surface area contributed by atoms with Gasteiger partial charge in [-0.25, -0.2) is 4.68 Å². The molecule has 2 aromatic rings. The molecule has 0 radical (unpaired) electrons. The van der Waals surface area contributed by atoms with Crippen molar-refractivity contribution in [3.05, 3.63) is 40.7 Å². The molecular weight excluding hydrogens is 252 g/mol. The lowest BCUT2D eigenvalue weighted by molar-refractivity contribution is 0.194. The highest BCUT2D eigenvalue weighted by molar-refractivity contribution is 5.52. The molecule has 108 valence electrons. The van der Waals surface area contributed by atoms with Gasteiger partial charge < -0.3 is 9.84 Å². The highest BCUT2D eigenvalue weighted by Gasteiger charge is 2.19. The zero-order chi connectivity index (χ0) is 14.9. The lowest BCUT2D eigenvalue weighted by Crippen LogP contribution is -2.07. The van der Waals surface area contributed by atoms with E-state index in [0.29, 0.717) is 5.75 Å². The van der Waals surface area contributed by atoms with Crippen molar-refractivity contribution in [3.63, 3.8) is 0 Å². The summed E-state index contributed by atoms with van der Waals surface area (Å²) >= 11 is 0. The molecule has 1 aromatic carbocycles. The summed E-state index contributed by atoms with van der Waals surface area (Å²) in [7, 11) is 1.61. The van der Waals surface area contributed by atoms with E-state index in [2.05, 4.69) is 18.9 Å². The summed E-state index contributed by atoms with van der Waals surface area (Å²) in [6.45, 7) is 7.95. The van der Waals surface area contributed by atoms with Crippen molar-refractivity contribution in [2.45, 2.75) is 40.2 Å². The number of ether oxygens (including phenoxy) is 1. The summed E-state index contributed by atoms with van der Waals surface area (Å²) in [6, 6.07) is 5.74. The molecule has 0 saturated heterocycles. The third kappa shape index (κ3) is 2.31. The number of rotatable bonds is 4. The Hall–Kier alpha value is -1.81. The van der Waals surface area contributed by atoms with Crippen molar-refractivity contribution in [1.82, 2.24) is 9.78 Å². The maximum absolute atomic E-state index is 10.1. The van der Waals surface area contributed by atoms with E-state index in [1.54, 1.807) is 14.0 Å². The van der Waals surface area contributed by atoms with Crippen LogP contribution in [0.15, 0.2) is 18.2 Å². The van der Waals surface area contributed by atoms with E-state index in [4.69, 9.17) is 4.74 Å². The van der Waals surface area contributed by atoms with Crippen molar-refractivity contribution in [1.29, 1.82) is 0 Å². The number of aliphatic hydroxyl groups excluding tert-OH is 1. The minimum Gasteiger partial charge on any atom is -0.496 e. The fourth-order valence-electron chi connectivity index (χ4n) is 2.74. The van der Waals surface area contributed by atoms with Gasteiger partial charge in [0, 0.05) is 11.3 Å². The van der Waals surface area contributed by atoms with Crippen LogP contribution in [0.3, 0.4) is 0 Å². The first-order chi connectivity index (χ1) is 9.51. The van der Waals surface area contributed by atoms with Crippen molar-refractivity contribution in [3.8, 4) is 11.4 Å². The molecule has 1 atom stereocenters. The van der Waals surface area contributed by atoms with Crippen LogP contribution in [0.4, 0.5) is 0 Å². The van der Waals surface area contributed by atoms with Gasteiger partial charge in [-0.15, -0.1) is 0 Å². The second kappa shape index (κ2) is 5.67. The fraction of sp³-hybridized carbons (Fsp3) is 0.438. The van der Waals surface area contributed by atoms with Gasteiger partial charge >= 0.3 is 0 Å². The first-order valence-electron chi connectivity index (χ1n) is 6.91. The first kappa shape index (κ1) is 14.6. The number of aryl methyl sites for hydroxylation is 1. The lowest BCUT2D eigenvalue weighted by atomic mass is 10.1. The van der Waals surface area contributed by atoms with Crippen LogP contribution in [-0.4, -0.2) is 22.0 Å². The molecule has 20 heavy (non-hydrogen) atoms. The second-order valence-corrected chi connectivity index (χ2v) is 4.98. The number of hydrogen-bond donors (Lipinski definition) is 1. The van der Waals surface area contributed by atoms with Crippen LogP contribution in [0.5, 0.6) is 5.75 Å². The van der Waals surface area contributed by atoms with Gasteiger partial charge in [0.1, 0.15) is 5.75 Å². The Bertz CT molecular complexity index is 615. The van der Waals surface area contributed by atoms with Crippen molar-refractivity contribution in [2.24, 2.45) is 0 Å². The number of methoxy groups -OCH3 is 1. The molecule has 0 saturated carbocycles. The normalized spacial score (nSPS) is 12.5. The summed E-state index contributed by atoms with van der Waals surface area (Å²) in [6.07, 6.45) is 0.334. The van der Waals surface area contributed by atoms with Crippen LogP contribution in [0.2, 0.25) is 0 Å². The van der Waals surface area contributed by atoms with Gasteiger partial charge in [-0.1, -0.05) is 13.0 Å². The molecule has 0 aliphatic heterocycles. The summed E-state index contributed by atoms with van der Waals surface area (Å²) in [5.41, 5.74) is 5.04. The van der Waals surface area contributed by atoms with Crippen LogP contribution in [0, 0.1) is 13.8 Å². The summed E-state index contributed by atoms with van der Waals surface area (Å²) in [4.78, 5) is 0. The summed E-state index contributed by atoms with van der Waals surface area (Å²) in [5.74, 6) is 0.683. The van der Waals surface area contributed by atoms with E-state index < -0.39 is 6.10 Å². The minimum atomic E-state index is -0.616. The van der Waals surface area contributed by atoms with Crippen molar-refractivity contribution in [2.75, 3.05) is 7.11 Å². The van der Waals surface area contributed by atoms with Gasteiger partial charge in [-0.3, -0.25) is 0 Å². The standard InChI is InChI=1S/C16H22N2O2/c1-6-13-10(2)17-18(11(13)3)14-8-7-9-15(20-5)16(14)12(4)19/h7-9,12,19H,6H2,1-5H3/t12-/m1/s1. The van der Waals surface area contributed by atoms with E-state index in [0.717, 1.165) is 29.1 Å². The molecule has 0 bridgehead atoms. The quantitative estimate of drug-likeness (QED) is 0.932. The Morgan fingerprint density at radius 1 is 1.35 bits per heavy atom. The van der Waals surface area contributed by atoms with E-state index >= 15 is 0 Å². The Morgan fingerprint density at radius 2 is 2.05 bits per heavy atom. The Kier molecular flexibility index (Phi) is 4.14. The predicted molar refractivity (Wildman–Crippen MR) is 79.6 cm³/mol. The van der Waals surface area contributed by atoms with Crippen LogP contribution in [-0.2, 0) is 6.42 Å². The topological polar surface area (TPSA) is 47.3 Å². The van der Waals surface area contributed by atoms with Crippen molar-refractivity contribution >= 4 is 0 Å². The first-order valence-corrected chi connectivity index (χ1v) is 6.91. The highest BCUT2D eigenvalue weighted by atomic mass is 16.5. The summed E-state index contributed by atoms with van der Waals surface area (Å²) in [5, 5.41) is 14.7. The van der Waals surface area contributed by atoms with E-state index in [9.17, 15) is 5.11 Å². The molecule has 1 N–H and O–H groups in total. The highest BCUT2D eigenvalue weighted by Crippen LogP contribution is 2.32. The maximum Gasteiger partial charge on any atom is 0.126 e. The van der Waals surface area contributed by atoms with Crippen LogP contribution in [0.25, 0.3) is 5.69 Å². The smallest absolute Gasteiger partial charge is 0.126 e. The zero-order valence-electron chi connectivity index (χ0n) is 12.8. The fourth-order valence-corrected chi connectivity index (χ4v) is 2.74. The van der Waals surface area contributed by atoms with Gasteiger partial charge in [0.05, 0.1) is 24.6 Å². The summed E-state index contributed by atoms with van der Waals surface area (Å²) < 4.78 is 7.27. The molecular formula is C16H22N2O2. The van der Waals surface area contributed by atoms with E-state index in [1.165, 1.54) is 5.56 Å². The Balaban J connectivity index is 2.70. The predicted octanol–water partition coefficient (Wildman–Crippen LogP) is 3.11. The van der Waals surface area contributed by atoms with Gasteiger partial charge in [0.15, 0.2) is 0 Å². The minimum absolute atomic E-state index is 0.616. The number of aliphatic hydroxyl groups is 1. The molecule has 4 nitrogen and oxygen atoms in total. The van der Waals surface area contributed by atoms with Crippen LogP contribution >= 0.6 is 0 Å². The molecule has 0 amide bonds. The molecule has 0 aliphatic carbocycles.